The van der Waals surface area contributed by atoms with Crippen molar-refractivity contribution in [3.63, 3.8) is 0 Å². The summed E-state index contributed by atoms with van der Waals surface area (Å²) in [4.78, 5) is 2.66. The highest BCUT2D eigenvalue weighted by molar-refractivity contribution is 4.84. The van der Waals surface area contributed by atoms with E-state index >= 15 is 0 Å². The van der Waals surface area contributed by atoms with Crippen molar-refractivity contribution < 1.29 is 0 Å². The van der Waals surface area contributed by atoms with E-state index in [-0.39, 0.29) is 0 Å². The van der Waals surface area contributed by atoms with Gasteiger partial charge in [0, 0.05) is 18.6 Å². The summed E-state index contributed by atoms with van der Waals surface area (Å²) in [5.41, 5.74) is 5.88. The lowest BCUT2D eigenvalue weighted by Gasteiger charge is -2.42. The molecule has 0 saturated carbocycles. The third kappa shape index (κ3) is 2.71. The van der Waals surface area contributed by atoms with E-state index in [1.165, 1.54) is 32.2 Å². The summed E-state index contributed by atoms with van der Waals surface area (Å²) in [5, 5.41) is 0. The molecule has 2 atom stereocenters. The second-order valence-corrected chi connectivity index (χ2v) is 4.84. The van der Waals surface area contributed by atoms with Crippen LogP contribution in [-0.2, 0) is 0 Å². The second-order valence-electron chi connectivity index (χ2n) is 4.84. The van der Waals surface area contributed by atoms with Crippen molar-refractivity contribution >= 4 is 0 Å². The van der Waals surface area contributed by atoms with Gasteiger partial charge in [-0.2, -0.15) is 0 Å². The average Bonchev–Trinajstić information content (AvgIpc) is 2.19. The summed E-state index contributed by atoms with van der Waals surface area (Å²) in [5.74, 6) is 0.687. The van der Waals surface area contributed by atoms with Crippen molar-refractivity contribution in [1.29, 1.82) is 0 Å². The minimum atomic E-state index is 0.597. The van der Waals surface area contributed by atoms with Gasteiger partial charge < -0.3 is 5.73 Å². The summed E-state index contributed by atoms with van der Waals surface area (Å²) in [6.07, 6.45) is 5.42. The molecule has 0 aromatic carbocycles. The summed E-state index contributed by atoms with van der Waals surface area (Å²) in [7, 11) is 0. The predicted molar refractivity (Wildman–Crippen MR) is 62.3 cm³/mol. The molecular weight excluding hydrogens is 172 g/mol. The Morgan fingerprint density at radius 1 is 1.36 bits per heavy atom. The number of nitrogens with two attached hydrogens (primary N) is 1. The molecule has 1 rings (SSSR count). The van der Waals surface area contributed by atoms with Gasteiger partial charge in [0.1, 0.15) is 0 Å². The van der Waals surface area contributed by atoms with Crippen molar-refractivity contribution in [2.75, 3.05) is 13.1 Å². The highest BCUT2D eigenvalue weighted by Crippen LogP contribution is 2.24. The van der Waals surface area contributed by atoms with Gasteiger partial charge in [-0.1, -0.05) is 27.2 Å². The molecule has 1 saturated heterocycles. The van der Waals surface area contributed by atoms with Crippen molar-refractivity contribution in [1.82, 2.24) is 4.90 Å². The van der Waals surface area contributed by atoms with Crippen molar-refractivity contribution in [3.8, 4) is 0 Å². The van der Waals surface area contributed by atoms with Gasteiger partial charge >= 0.3 is 0 Å². The number of nitrogens with zero attached hydrogens (tertiary/aromatic N) is 1. The van der Waals surface area contributed by atoms with Gasteiger partial charge in [0.15, 0.2) is 0 Å². The van der Waals surface area contributed by atoms with Crippen LogP contribution in [0.5, 0.6) is 0 Å². The fourth-order valence-corrected chi connectivity index (χ4v) is 2.69. The van der Waals surface area contributed by atoms with Gasteiger partial charge in [0.25, 0.3) is 0 Å². The lowest BCUT2D eigenvalue weighted by molar-refractivity contribution is 0.0712. The van der Waals surface area contributed by atoms with E-state index in [0.29, 0.717) is 12.0 Å². The summed E-state index contributed by atoms with van der Waals surface area (Å²) >= 11 is 0. The van der Waals surface area contributed by atoms with Crippen molar-refractivity contribution in [3.05, 3.63) is 0 Å². The smallest absolute Gasteiger partial charge is 0.0244 e. The molecule has 2 N–H and O–H groups in total. The quantitative estimate of drug-likeness (QED) is 0.750. The molecule has 1 fully saturated rings. The summed E-state index contributed by atoms with van der Waals surface area (Å²) in [6, 6.07) is 1.39. The van der Waals surface area contributed by atoms with Crippen LogP contribution >= 0.6 is 0 Å². The first-order valence-corrected chi connectivity index (χ1v) is 6.16. The molecule has 0 aromatic heterocycles. The molecule has 2 heteroatoms. The second kappa shape index (κ2) is 5.72. The van der Waals surface area contributed by atoms with Crippen molar-refractivity contribution in [2.45, 2.75) is 58.5 Å². The van der Waals surface area contributed by atoms with Crippen LogP contribution in [0.3, 0.4) is 0 Å². The van der Waals surface area contributed by atoms with Crippen LogP contribution in [0.4, 0.5) is 0 Å². The maximum Gasteiger partial charge on any atom is 0.0244 e. The largest absolute Gasteiger partial charge is 0.329 e. The maximum absolute atomic E-state index is 5.88. The Labute approximate surface area is 88.8 Å². The van der Waals surface area contributed by atoms with Crippen LogP contribution in [0.15, 0.2) is 0 Å². The van der Waals surface area contributed by atoms with Gasteiger partial charge in [-0.15, -0.1) is 0 Å². The molecule has 0 bridgehead atoms. The first-order valence-electron chi connectivity index (χ1n) is 6.16. The van der Waals surface area contributed by atoms with Gasteiger partial charge in [0.05, 0.1) is 0 Å². The Kier molecular flexibility index (Phi) is 4.90. The first kappa shape index (κ1) is 12.0. The van der Waals surface area contributed by atoms with Gasteiger partial charge in [-0.3, -0.25) is 4.90 Å². The Morgan fingerprint density at radius 3 is 2.57 bits per heavy atom. The molecule has 2 unspecified atom stereocenters. The zero-order chi connectivity index (χ0) is 10.6. The van der Waals surface area contributed by atoms with Crippen LogP contribution in [-0.4, -0.2) is 30.1 Å². The van der Waals surface area contributed by atoms with E-state index in [0.717, 1.165) is 12.6 Å². The molecule has 2 nitrogen and oxygen atoms in total. The minimum Gasteiger partial charge on any atom is -0.329 e. The molecular formula is C12H26N2. The molecule has 1 aliphatic rings. The number of hydrogen-bond acceptors (Lipinski definition) is 2. The third-order valence-corrected chi connectivity index (χ3v) is 3.58. The maximum atomic E-state index is 5.88. The van der Waals surface area contributed by atoms with Crippen molar-refractivity contribution in [2.24, 2.45) is 11.7 Å². The molecule has 0 aromatic rings. The van der Waals surface area contributed by atoms with E-state index in [1.807, 2.05) is 0 Å². The number of likely N-dealkylation sites (tertiary alicyclic amines) is 1. The van der Waals surface area contributed by atoms with E-state index in [1.54, 1.807) is 0 Å². The molecule has 14 heavy (non-hydrogen) atoms. The zero-order valence-corrected chi connectivity index (χ0v) is 10.00. The van der Waals surface area contributed by atoms with E-state index in [4.69, 9.17) is 5.73 Å². The topological polar surface area (TPSA) is 29.3 Å². The summed E-state index contributed by atoms with van der Waals surface area (Å²) < 4.78 is 0. The van der Waals surface area contributed by atoms with Gasteiger partial charge in [-0.05, 0) is 31.7 Å². The van der Waals surface area contributed by atoms with E-state index in [2.05, 4.69) is 25.7 Å². The van der Waals surface area contributed by atoms with Crippen LogP contribution in [0.25, 0.3) is 0 Å². The Balaban J connectivity index is 2.60. The monoisotopic (exact) mass is 198 g/mol. The molecule has 0 amide bonds. The minimum absolute atomic E-state index is 0.597. The predicted octanol–water partition coefficient (Wildman–Crippen LogP) is 2.23. The van der Waals surface area contributed by atoms with Crippen LogP contribution < -0.4 is 5.73 Å². The molecule has 84 valence electrons. The standard InChI is InChI=1S/C12H26N2/c1-4-11-7-5-6-8-14(11)12(9-13)10(2)3/h10-12H,4-9,13H2,1-3H3. The fraction of sp³-hybridized carbons (Fsp3) is 1.00. The van der Waals surface area contributed by atoms with Crippen LogP contribution in [0, 0.1) is 5.92 Å². The lowest BCUT2D eigenvalue weighted by atomic mass is 9.93. The first-order chi connectivity index (χ1) is 6.70. The number of rotatable bonds is 4. The Morgan fingerprint density at radius 2 is 2.07 bits per heavy atom. The van der Waals surface area contributed by atoms with Gasteiger partial charge in [-0.25, -0.2) is 0 Å². The Bertz CT molecular complexity index is 156. The van der Waals surface area contributed by atoms with Crippen LogP contribution in [0.2, 0.25) is 0 Å². The molecule has 1 heterocycles. The van der Waals surface area contributed by atoms with Gasteiger partial charge in [0.2, 0.25) is 0 Å². The fourth-order valence-electron chi connectivity index (χ4n) is 2.69. The SMILES string of the molecule is CCC1CCCCN1C(CN)C(C)C. The lowest BCUT2D eigenvalue weighted by Crippen LogP contribution is -2.51. The highest BCUT2D eigenvalue weighted by Gasteiger charge is 2.28. The van der Waals surface area contributed by atoms with E-state index in [9.17, 15) is 0 Å². The number of piperidine rings is 1. The van der Waals surface area contributed by atoms with E-state index < -0.39 is 0 Å². The molecule has 0 radical (unpaired) electrons. The zero-order valence-electron chi connectivity index (χ0n) is 10.00. The van der Waals surface area contributed by atoms with Crippen LogP contribution in [0.1, 0.15) is 46.5 Å². The Hall–Kier alpha value is -0.0800. The summed E-state index contributed by atoms with van der Waals surface area (Å²) in [6.45, 7) is 8.96. The highest BCUT2D eigenvalue weighted by atomic mass is 15.2. The normalized spacial score (nSPS) is 26.8. The third-order valence-electron chi connectivity index (χ3n) is 3.58. The number of hydrogen-bond donors (Lipinski definition) is 1. The molecule has 0 aliphatic carbocycles. The molecule has 1 aliphatic heterocycles. The molecule has 0 spiro atoms. The average molecular weight is 198 g/mol.